The van der Waals surface area contributed by atoms with E-state index in [1.807, 2.05) is 6.07 Å². The largest absolute Gasteiger partial charge is 0.265 e. The molecule has 2 nitrogen and oxygen atoms in total. The van der Waals surface area contributed by atoms with E-state index in [0.717, 1.165) is 10.5 Å². The van der Waals surface area contributed by atoms with Gasteiger partial charge in [-0.25, -0.2) is 0 Å². The molecule has 3 aliphatic carbocycles. The van der Waals surface area contributed by atoms with Crippen molar-refractivity contribution in [2.75, 3.05) is 0 Å². The second-order valence-electron chi connectivity index (χ2n) is 3.79. The fourth-order valence-corrected chi connectivity index (χ4v) is 2.57. The van der Waals surface area contributed by atoms with E-state index < -0.39 is 0 Å². The monoisotopic (exact) mass is 212 g/mol. The third-order valence-electron chi connectivity index (χ3n) is 3.05. The number of nitrogens with zero attached hydrogens (tertiary/aromatic N) is 2. The molecule has 11 heavy (non-hydrogen) atoms. The van der Waals surface area contributed by atoms with Crippen LogP contribution in [0.3, 0.4) is 0 Å². The van der Waals surface area contributed by atoms with E-state index in [1.54, 1.807) is 0 Å². The highest BCUT2D eigenvalue weighted by molar-refractivity contribution is 9.10. The Morgan fingerprint density at radius 3 is 2.64 bits per heavy atom. The van der Waals surface area contributed by atoms with E-state index in [0.29, 0.717) is 5.54 Å². The van der Waals surface area contributed by atoms with Crippen molar-refractivity contribution in [3.8, 4) is 0 Å². The van der Waals surface area contributed by atoms with Crippen molar-refractivity contribution in [3.05, 3.63) is 16.9 Å². The Kier molecular flexibility index (Phi) is 0.969. The molecular weight excluding hydrogens is 204 g/mol. The van der Waals surface area contributed by atoms with Crippen LogP contribution in [-0.4, -0.2) is 9.78 Å². The number of hydrogen-bond donors (Lipinski definition) is 0. The number of aromatic nitrogens is 2. The van der Waals surface area contributed by atoms with Crippen molar-refractivity contribution in [1.29, 1.82) is 0 Å². The van der Waals surface area contributed by atoms with Crippen molar-refractivity contribution in [3.63, 3.8) is 0 Å². The van der Waals surface area contributed by atoms with Gasteiger partial charge in [0.1, 0.15) is 4.60 Å². The zero-order valence-electron chi connectivity index (χ0n) is 6.13. The minimum absolute atomic E-state index is 0.455. The molecule has 0 saturated heterocycles. The molecule has 1 heterocycles. The van der Waals surface area contributed by atoms with E-state index in [1.165, 1.54) is 19.3 Å². The fraction of sp³-hybridized carbons (Fsp3) is 0.625. The van der Waals surface area contributed by atoms with Crippen molar-refractivity contribution in [2.24, 2.45) is 5.92 Å². The highest BCUT2D eigenvalue weighted by Gasteiger charge is 2.58. The van der Waals surface area contributed by atoms with Crippen LogP contribution in [0, 0.1) is 5.92 Å². The minimum atomic E-state index is 0.455. The zero-order valence-corrected chi connectivity index (χ0v) is 7.71. The van der Waals surface area contributed by atoms with Gasteiger partial charge in [0.25, 0.3) is 0 Å². The van der Waals surface area contributed by atoms with Gasteiger partial charge in [-0.3, -0.25) is 4.68 Å². The fourth-order valence-electron chi connectivity index (χ4n) is 2.28. The topological polar surface area (TPSA) is 17.8 Å². The van der Waals surface area contributed by atoms with Gasteiger partial charge in [0, 0.05) is 6.20 Å². The van der Waals surface area contributed by atoms with Gasteiger partial charge in [-0.2, -0.15) is 5.10 Å². The lowest BCUT2D eigenvalue weighted by molar-refractivity contribution is -0.0979. The van der Waals surface area contributed by atoms with E-state index in [2.05, 4.69) is 31.9 Å². The molecule has 0 spiro atoms. The number of hydrogen-bond acceptors (Lipinski definition) is 1. The summed E-state index contributed by atoms with van der Waals surface area (Å²) in [5.74, 6) is 1.03. The van der Waals surface area contributed by atoms with Gasteiger partial charge in [0.2, 0.25) is 0 Å². The molecule has 0 atom stereocenters. The van der Waals surface area contributed by atoms with Crippen LogP contribution in [0.4, 0.5) is 0 Å². The molecule has 3 saturated carbocycles. The van der Waals surface area contributed by atoms with Crippen LogP contribution in [0.5, 0.6) is 0 Å². The first-order chi connectivity index (χ1) is 5.28. The van der Waals surface area contributed by atoms with Crippen LogP contribution in [0.15, 0.2) is 16.9 Å². The highest BCUT2D eigenvalue weighted by atomic mass is 79.9. The Hall–Kier alpha value is -0.310. The molecule has 0 unspecified atom stereocenters. The lowest BCUT2D eigenvalue weighted by Crippen LogP contribution is -2.59. The molecule has 0 aliphatic heterocycles. The summed E-state index contributed by atoms with van der Waals surface area (Å²) in [7, 11) is 0. The van der Waals surface area contributed by atoms with Gasteiger partial charge in [0.05, 0.1) is 5.54 Å². The summed E-state index contributed by atoms with van der Waals surface area (Å²) in [4.78, 5) is 0. The van der Waals surface area contributed by atoms with Crippen LogP contribution in [0.1, 0.15) is 19.3 Å². The molecule has 3 heteroatoms. The molecule has 1 aromatic rings. The minimum Gasteiger partial charge on any atom is -0.265 e. The van der Waals surface area contributed by atoms with Crippen LogP contribution in [0.2, 0.25) is 0 Å². The molecular formula is C8H9BrN2. The Bertz CT molecular complexity index is 288. The first-order valence-corrected chi connectivity index (χ1v) is 4.79. The van der Waals surface area contributed by atoms with Crippen molar-refractivity contribution in [1.82, 2.24) is 9.78 Å². The Morgan fingerprint density at radius 2 is 2.27 bits per heavy atom. The summed E-state index contributed by atoms with van der Waals surface area (Å²) in [6.45, 7) is 0. The van der Waals surface area contributed by atoms with Crippen LogP contribution >= 0.6 is 15.9 Å². The molecule has 0 N–H and O–H groups in total. The predicted molar refractivity (Wildman–Crippen MR) is 45.2 cm³/mol. The first kappa shape index (κ1) is 6.23. The molecule has 3 aliphatic rings. The van der Waals surface area contributed by atoms with Gasteiger partial charge in [-0.15, -0.1) is 0 Å². The lowest BCUT2D eigenvalue weighted by Gasteiger charge is -2.61. The van der Waals surface area contributed by atoms with Gasteiger partial charge >= 0.3 is 0 Å². The quantitative estimate of drug-likeness (QED) is 0.698. The van der Waals surface area contributed by atoms with E-state index >= 15 is 0 Å². The third kappa shape index (κ3) is 0.650. The Balaban J connectivity index is 1.99. The highest BCUT2D eigenvalue weighted by Crippen LogP contribution is 2.61. The van der Waals surface area contributed by atoms with Crippen molar-refractivity contribution < 1.29 is 0 Å². The summed E-state index contributed by atoms with van der Waals surface area (Å²) < 4.78 is 3.10. The predicted octanol–water partition coefficient (Wildman–Crippen LogP) is 2.15. The van der Waals surface area contributed by atoms with Crippen molar-refractivity contribution >= 4 is 15.9 Å². The number of rotatable bonds is 1. The maximum absolute atomic E-state index is 4.38. The van der Waals surface area contributed by atoms with E-state index in [9.17, 15) is 0 Å². The van der Waals surface area contributed by atoms with Crippen LogP contribution in [0.25, 0.3) is 0 Å². The average Bonchev–Trinajstić information content (AvgIpc) is 2.06. The van der Waals surface area contributed by atoms with Crippen molar-refractivity contribution in [2.45, 2.75) is 24.8 Å². The molecule has 58 valence electrons. The third-order valence-corrected chi connectivity index (χ3v) is 3.47. The molecule has 0 aromatic carbocycles. The molecule has 4 rings (SSSR count). The molecule has 3 fully saturated rings. The lowest BCUT2D eigenvalue weighted by atomic mass is 9.50. The average molecular weight is 213 g/mol. The van der Waals surface area contributed by atoms with Gasteiger partial charge in [-0.05, 0) is 47.2 Å². The maximum Gasteiger partial charge on any atom is 0.128 e. The van der Waals surface area contributed by atoms with E-state index in [4.69, 9.17) is 0 Å². The maximum atomic E-state index is 4.38. The molecule has 1 aromatic heterocycles. The van der Waals surface area contributed by atoms with Crippen LogP contribution in [-0.2, 0) is 5.54 Å². The summed E-state index contributed by atoms with van der Waals surface area (Å²) in [6.07, 6.45) is 6.17. The van der Waals surface area contributed by atoms with Gasteiger partial charge < -0.3 is 0 Å². The Morgan fingerprint density at radius 1 is 1.55 bits per heavy atom. The summed E-state index contributed by atoms with van der Waals surface area (Å²) >= 11 is 3.36. The summed E-state index contributed by atoms with van der Waals surface area (Å²) in [6, 6.07) is 2.01. The van der Waals surface area contributed by atoms with Gasteiger partial charge in [-0.1, -0.05) is 0 Å². The second kappa shape index (κ2) is 1.71. The normalized spacial score (nSPS) is 39.5. The van der Waals surface area contributed by atoms with E-state index in [-0.39, 0.29) is 0 Å². The summed E-state index contributed by atoms with van der Waals surface area (Å²) in [5.41, 5.74) is 0.455. The SMILES string of the molecule is Brc1ccn(C23CC(C2)C3)n1. The zero-order chi connectivity index (χ0) is 7.47. The first-order valence-electron chi connectivity index (χ1n) is 4.00. The Labute approximate surface area is 73.7 Å². The van der Waals surface area contributed by atoms with Gasteiger partial charge in [0.15, 0.2) is 0 Å². The standard InChI is InChI=1S/C8H9BrN2/c9-7-1-2-11(10-7)8-3-6(4-8)5-8/h1-2,6H,3-5H2. The summed E-state index contributed by atoms with van der Waals surface area (Å²) in [5, 5.41) is 4.38. The molecule has 0 radical (unpaired) electrons. The molecule has 2 bridgehead atoms. The number of halogens is 1. The smallest absolute Gasteiger partial charge is 0.128 e. The second-order valence-corrected chi connectivity index (χ2v) is 4.60. The molecule has 0 amide bonds. The van der Waals surface area contributed by atoms with Crippen LogP contribution < -0.4 is 0 Å².